The Morgan fingerprint density at radius 1 is 1.25 bits per heavy atom. The number of carbonyl (C=O) groups excluding carboxylic acids is 1. The first-order valence-corrected chi connectivity index (χ1v) is 8.11. The maximum atomic E-state index is 12.5. The second-order valence-electron chi connectivity index (χ2n) is 5.72. The number of hydrogen-bond acceptors (Lipinski definition) is 3. The summed E-state index contributed by atoms with van der Waals surface area (Å²) in [5.74, 6) is 0.640. The molecule has 2 heterocycles. The first-order chi connectivity index (χ1) is 11.7. The Morgan fingerprint density at radius 2 is 2.04 bits per heavy atom. The average Bonchev–Trinajstić information content (AvgIpc) is 3.25. The lowest BCUT2D eigenvalue weighted by molar-refractivity contribution is 0.102. The van der Waals surface area contributed by atoms with Gasteiger partial charge in [0.1, 0.15) is 5.82 Å². The van der Waals surface area contributed by atoms with Crippen LogP contribution in [0.3, 0.4) is 0 Å². The summed E-state index contributed by atoms with van der Waals surface area (Å²) < 4.78 is 3.75. The summed E-state index contributed by atoms with van der Waals surface area (Å²) >= 11 is 0. The highest BCUT2D eigenvalue weighted by Crippen LogP contribution is 2.17. The lowest BCUT2D eigenvalue weighted by Gasteiger charge is -2.10. The molecular formula is C18H21N5O. The van der Waals surface area contributed by atoms with Crippen LogP contribution in [0.4, 0.5) is 5.82 Å². The van der Waals surface area contributed by atoms with E-state index in [0.29, 0.717) is 5.56 Å². The topological polar surface area (TPSA) is 64.7 Å². The number of aryl methyl sites for hydroxylation is 2. The SMILES string of the molecule is CCCCn1ncc(C)c1NC(=O)c1ccc(-n2ccnc2)cc1. The van der Waals surface area contributed by atoms with Crippen LogP contribution >= 0.6 is 0 Å². The van der Waals surface area contributed by atoms with E-state index in [2.05, 4.69) is 22.3 Å². The summed E-state index contributed by atoms with van der Waals surface area (Å²) in [6, 6.07) is 7.43. The van der Waals surface area contributed by atoms with E-state index in [0.717, 1.165) is 36.5 Å². The van der Waals surface area contributed by atoms with E-state index in [9.17, 15) is 4.79 Å². The third-order valence-electron chi connectivity index (χ3n) is 3.91. The van der Waals surface area contributed by atoms with E-state index in [-0.39, 0.29) is 5.91 Å². The van der Waals surface area contributed by atoms with Crippen LogP contribution in [0.15, 0.2) is 49.2 Å². The number of anilines is 1. The van der Waals surface area contributed by atoms with Crippen molar-refractivity contribution >= 4 is 11.7 Å². The van der Waals surface area contributed by atoms with Gasteiger partial charge in [0, 0.05) is 35.8 Å². The first-order valence-electron chi connectivity index (χ1n) is 8.11. The van der Waals surface area contributed by atoms with E-state index >= 15 is 0 Å². The molecule has 24 heavy (non-hydrogen) atoms. The molecule has 124 valence electrons. The van der Waals surface area contributed by atoms with Crippen LogP contribution < -0.4 is 5.32 Å². The highest BCUT2D eigenvalue weighted by Gasteiger charge is 2.12. The molecule has 0 unspecified atom stereocenters. The lowest BCUT2D eigenvalue weighted by Crippen LogP contribution is -2.16. The number of nitrogens with zero attached hydrogens (tertiary/aromatic N) is 4. The molecule has 3 aromatic rings. The van der Waals surface area contributed by atoms with E-state index in [4.69, 9.17) is 0 Å². The van der Waals surface area contributed by atoms with Crippen LogP contribution in [-0.4, -0.2) is 25.2 Å². The Balaban J connectivity index is 1.74. The Bertz CT molecular complexity index is 803. The number of amides is 1. The van der Waals surface area contributed by atoms with Gasteiger partial charge >= 0.3 is 0 Å². The van der Waals surface area contributed by atoms with Crippen molar-refractivity contribution in [2.24, 2.45) is 0 Å². The molecule has 2 aromatic heterocycles. The van der Waals surface area contributed by atoms with Gasteiger partial charge in [-0.15, -0.1) is 0 Å². The third-order valence-corrected chi connectivity index (χ3v) is 3.91. The fraction of sp³-hybridized carbons (Fsp3) is 0.278. The van der Waals surface area contributed by atoms with Gasteiger partial charge in [-0.05, 0) is 37.6 Å². The fourth-order valence-electron chi connectivity index (χ4n) is 2.50. The van der Waals surface area contributed by atoms with Gasteiger partial charge in [-0.1, -0.05) is 13.3 Å². The van der Waals surface area contributed by atoms with Crippen LogP contribution in [0.5, 0.6) is 0 Å². The van der Waals surface area contributed by atoms with Crippen molar-refractivity contribution in [3.05, 3.63) is 60.3 Å². The van der Waals surface area contributed by atoms with Crippen molar-refractivity contribution in [2.45, 2.75) is 33.2 Å². The molecule has 0 atom stereocenters. The summed E-state index contributed by atoms with van der Waals surface area (Å²) in [6.45, 7) is 4.89. The summed E-state index contributed by atoms with van der Waals surface area (Å²) in [5.41, 5.74) is 2.55. The van der Waals surface area contributed by atoms with Gasteiger partial charge < -0.3 is 9.88 Å². The first kappa shape index (κ1) is 16.0. The van der Waals surface area contributed by atoms with Crippen molar-refractivity contribution in [2.75, 3.05) is 5.32 Å². The van der Waals surface area contributed by atoms with Gasteiger partial charge in [-0.25, -0.2) is 9.67 Å². The Kier molecular flexibility index (Phi) is 4.74. The zero-order valence-electron chi connectivity index (χ0n) is 13.9. The van der Waals surface area contributed by atoms with Gasteiger partial charge in [0.2, 0.25) is 0 Å². The van der Waals surface area contributed by atoms with Gasteiger partial charge in [-0.3, -0.25) is 4.79 Å². The third kappa shape index (κ3) is 3.37. The normalized spacial score (nSPS) is 10.8. The van der Waals surface area contributed by atoms with Crippen LogP contribution in [0.25, 0.3) is 5.69 Å². The smallest absolute Gasteiger partial charge is 0.256 e. The summed E-state index contributed by atoms with van der Waals surface area (Å²) in [6.07, 6.45) is 9.22. The zero-order valence-corrected chi connectivity index (χ0v) is 13.9. The van der Waals surface area contributed by atoms with E-state index in [1.54, 1.807) is 18.7 Å². The second-order valence-corrected chi connectivity index (χ2v) is 5.72. The predicted molar refractivity (Wildman–Crippen MR) is 93.4 cm³/mol. The van der Waals surface area contributed by atoms with Crippen LogP contribution in [-0.2, 0) is 6.54 Å². The quantitative estimate of drug-likeness (QED) is 0.756. The molecule has 0 radical (unpaired) electrons. The molecular weight excluding hydrogens is 302 g/mol. The Morgan fingerprint density at radius 3 is 2.71 bits per heavy atom. The van der Waals surface area contributed by atoms with Gasteiger partial charge in [0.05, 0.1) is 12.5 Å². The summed E-state index contributed by atoms with van der Waals surface area (Å²) in [7, 11) is 0. The van der Waals surface area contributed by atoms with Gasteiger partial charge in [0.25, 0.3) is 5.91 Å². The average molecular weight is 323 g/mol. The molecule has 0 aliphatic rings. The van der Waals surface area contributed by atoms with E-state index in [1.165, 1.54) is 0 Å². The van der Waals surface area contributed by atoms with Crippen LogP contribution in [0.1, 0.15) is 35.7 Å². The maximum absolute atomic E-state index is 12.5. The van der Waals surface area contributed by atoms with Gasteiger partial charge in [-0.2, -0.15) is 5.10 Å². The molecule has 0 bridgehead atoms. The monoisotopic (exact) mass is 323 g/mol. The molecule has 0 aliphatic carbocycles. The molecule has 1 N–H and O–H groups in total. The number of benzene rings is 1. The minimum atomic E-state index is -0.131. The second kappa shape index (κ2) is 7.12. The van der Waals surface area contributed by atoms with Crippen molar-refractivity contribution < 1.29 is 4.79 Å². The van der Waals surface area contributed by atoms with E-state index < -0.39 is 0 Å². The standard InChI is InChI=1S/C18H21N5O/c1-3-4-10-23-17(14(2)12-20-23)21-18(24)15-5-7-16(8-6-15)22-11-9-19-13-22/h5-9,11-13H,3-4,10H2,1-2H3,(H,21,24). The zero-order chi connectivity index (χ0) is 16.9. The highest BCUT2D eigenvalue weighted by molar-refractivity contribution is 6.04. The molecule has 0 saturated heterocycles. The lowest BCUT2D eigenvalue weighted by atomic mass is 10.2. The maximum Gasteiger partial charge on any atom is 0.256 e. The van der Waals surface area contributed by atoms with Crippen molar-refractivity contribution in [3.8, 4) is 5.69 Å². The van der Waals surface area contributed by atoms with E-state index in [1.807, 2.05) is 46.6 Å². The largest absolute Gasteiger partial charge is 0.307 e. The molecule has 1 amide bonds. The molecule has 0 aliphatic heterocycles. The van der Waals surface area contributed by atoms with Gasteiger partial charge in [0.15, 0.2) is 0 Å². The molecule has 0 fully saturated rings. The number of carbonyl (C=O) groups is 1. The summed E-state index contributed by atoms with van der Waals surface area (Å²) in [4.78, 5) is 16.5. The number of aromatic nitrogens is 4. The molecule has 6 heteroatoms. The number of rotatable bonds is 6. The fourth-order valence-corrected chi connectivity index (χ4v) is 2.50. The van der Waals surface area contributed by atoms with Crippen molar-refractivity contribution in [3.63, 3.8) is 0 Å². The van der Waals surface area contributed by atoms with Crippen LogP contribution in [0, 0.1) is 6.92 Å². The van der Waals surface area contributed by atoms with Crippen LogP contribution in [0.2, 0.25) is 0 Å². The number of unbranched alkanes of at least 4 members (excludes halogenated alkanes) is 1. The number of hydrogen-bond donors (Lipinski definition) is 1. The molecule has 0 spiro atoms. The minimum Gasteiger partial charge on any atom is -0.307 e. The number of nitrogens with one attached hydrogen (secondary N) is 1. The Hall–Kier alpha value is -2.89. The van der Waals surface area contributed by atoms with Crippen molar-refractivity contribution in [1.29, 1.82) is 0 Å². The highest BCUT2D eigenvalue weighted by atomic mass is 16.1. The molecule has 1 aromatic carbocycles. The molecule has 6 nitrogen and oxygen atoms in total. The summed E-state index contributed by atoms with van der Waals surface area (Å²) in [5, 5.41) is 7.32. The predicted octanol–water partition coefficient (Wildman–Crippen LogP) is 3.43. The Labute approximate surface area is 141 Å². The van der Waals surface area contributed by atoms with Crippen molar-refractivity contribution in [1.82, 2.24) is 19.3 Å². The minimum absolute atomic E-state index is 0.131. The molecule has 0 saturated carbocycles. The molecule has 3 rings (SSSR count). The number of imidazole rings is 1.